The van der Waals surface area contributed by atoms with Gasteiger partial charge in [0, 0.05) is 25.2 Å². The van der Waals surface area contributed by atoms with Crippen molar-refractivity contribution in [2.45, 2.75) is 45.1 Å². The molecule has 0 atom stereocenters. The molecule has 1 N–H and O–H groups in total. The average Bonchev–Trinajstić information content (AvgIpc) is 2.99. The number of nitrogens with zero attached hydrogens (tertiary/aromatic N) is 2. The van der Waals surface area contributed by atoms with Gasteiger partial charge in [0.15, 0.2) is 0 Å². The molecule has 6 heteroatoms. The zero-order valence-electron chi connectivity index (χ0n) is 11.5. The predicted molar refractivity (Wildman–Crippen MR) is 72.6 cm³/mol. The highest BCUT2D eigenvalue weighted by Gasteiger charge is 2.32. The van der Waals surface area contributed by atoms with Crippen molar-refractivity contribution in [2.24, 2.45) is 0 Å². The molecule has 18 heavy (non-hydrogen) atoms. The monoisotopic (exact) mass is 275 g/mol. The quantitative estimate of drug-likeness (QED) is 0.807. The molecule has 2 aliphatic heterocycles. The first-order valence-electron chi connectivity index (χ1n) is 6.92. The van der Waals surface area contributed by atoms with Crippen LogP contribution in [-0.4, -0.2) is 55.9 Å². The van der Waals surface area contributed by atoms with Gasteiger partial charge in [0.1, 0.15) is 0 Å². The van der Waals surface area contributed by atoms with Crippen molar-refractivity contribution in [3.63, 3.8) is 0 Å². The Hall–Kier alpha value is -0.170. The van der Waals surface area contributed by atoms with E-state index in [4.69, 9.17) is 0 Å². The Bertz CT molecular complexity index is 369. The third-order valence-corrected chi connectivity index (χ3v) is 5.61. The van der Waals surface area contributed by atoms with Crippen LogP contribution in [0.2, 0.25) is 0 Å². The maximum atomic E-state index is 12.1. The van der Waals surface area contributed by atoms with Gasteiger partial charge in [-0.05, 0) is 52.6 Å². The lowest BCUT2D eigenvalue weighted by molar-refractivity contribution is 0.158. The van der Waals surface area contributed by atoms with E-state index in [2.05, 4.69) is 23.5 Å². The molecule has 2 fully saturated rings. The molecule has 0 bridgehead atoms. The number of hydrogen-bond donors (Lipinski definition) is 1. The molecule has 0 saturated carbocycles. The SMILES string of the molecule is CC(C)(CNS(=O)(=O)N1CCCC1)N1CCCC1. The van der Waals surface area contributed by atoms with Crippen molar-refractivity contribution in [2.75, 3.05) is 32.7 Å². The number of likely N-dealkylation sites (tertiary alicyclic amines) is 1. The summed E-state index contributed by atoms with van der Waals surface area (Å²) < 4.78 is 28.5. The molecule has 2 saturated heterocycles. The van der Waals surface area contributed by atoms with Crippen molar-refractivity contribution in [3.8, 4) is 0 Å². The molecule has 0 aromatic carbocycles. The van der Waals surface area contributed by atoms with Crippen LogP contribution in [0, 0.1) is 0 Å². The fourth-order valence-corrected chi connectivity index (χ4v) is 4.18. The second-order valence-corrected chi connectivity index (χ2v) is 7.69. The maximum absolute atomic E-state index is 12.1. The molecule has 0 aromatic rings. The van der Waals surface area contributed by atoms with Crippen molar-refractivity contribution < 1.29 is 8.42 Å². The summed E-state index contributed by atoms with van der Waals surface area (Å²) in [4.78, 5) is 2.37. The minimum Gasteiger partial charge on any atom is -0.297 e. The van der Waals surface area contributed by atoms with E-state index in [0.717, 1.165) is 25.9 Å². The second-order valence-electron chi connectivity index (χ2n) is 5.94. The van der Waals surface area contributed by atoms with Crippen LogP contribution < -0.4 is 4.72 Å². The highest BCUT2D eigenvalue weighted by Crippen LogP contribution is 2.21. The third kappa shape index (κ3) is 3.23. The molecular formula is C12H25N3O2S. The minimum atomic E-state index is -3.27. The molecule has 0 spiro atoms. The van der Waals surface area contributed by atoms with E-state index in [-0.39, 0.29) is 5.54 Å². The smallest absolute Gasteiger partial charge is 0.279 e. The van der Waals surface area contributed by atoms with Gasteiger partial charge < -0.3 is 0 Å². The van der Waals surface area contributed by atoms with Gasteiger partial charge in [-0.15, -0.1) is 0 Å². The maximum Gasteiger partial charge on any atom is 0.279 e. The lowest BCUT2D eigenvalue weighted by Gasteiger charge is -2.35. The van der Waals surface area contributed by atoms with E-state index in [0.29, 0.717) is 19.6 Å². The van der Waals surface area contributed by atoms with Crippen LogP contribution in [0.3, 0.4) is 0 Å². The molecular weight excluding hydrogens is 250 g/mol. The fraction of sp³-hybridized carbons (Fsp3) is 1.00. The van der Waals surface area contributed by atoms with Crippen molar-refractivity contribution in [3.05, 3.63) is 0 Å². The lowest BCUT2D eigenvalue weighted by atomic mass is 10.0. The topological polar surface area (TPSA) is 52.7 Å². The largest absolute Gasteiger partial charge is 0.297 e. The van der Waals surface area contributed by atoms with Gasteiger partial charge in [0.05, 0.1) is 0 Å². The Labute approximate surface area is 111 Å². The fourth-order valence-electron chi connectivity index (χ4n) is 2.72. The number of nitrogens with one attached hydrogen (secondary N) is 1. The van der Waals surface area contributed by atoms with Crippen LogP contribution in [0.4, 0.5) is 0 Å². The van der Waals surface area contributed by atoms with Gasteiger partial charge in [-0.2, -0.15) is 12.7 Å². The summed E-state index contributed by atoms with van der Waals surface area (Å²) in [5, 5.41) is 0. The molecule has 106 valence electrons. The zero-order valence-corrected chi connectivity index (χ0v) is 12.3. The highest BCUT2D eigenvalue weighted by molar-refractivity contribution is 7.87. The average molecular weight is 275 g/mol. The Morgan fingerprint density at radius 3 is 2.06 bits per heavy atom. The third-order valence-electron chi connectivity index (χ3n) is 4.05. The normalized spacial score (nSPS) is 23.9. The van der Waals surface area contributed by atoms with Crippen LogP contribution in [0.25, 0.3) is 0 Å². The van der Waals surface area contributed by atoms with Crippen LogP contribution >= 0.6 is 0 Å². The van der Waals surface area contributed by atoms with Crippen LogP contribution in [-0.2, 0) is 10.2 Å². The van der Waals surface area contributed by atoms with Crippen molar-refractivity contribution >= 4 is 10.2 Å². The second kappa shape index (κ2) is 5.45. The highest BCUT2D eigenvalue weighted by atomic mass is 32.2. The van der Waals surface area contributed by atoms with Crippen LogP contribution in [0.1, 0.15) is 39.5 Å². The molecule has 0 aromatic heterocycles. The lowest BCUT2D eigenvalue weighted by Crippen LogP contribution is -2.52. The van der Waals surface area contributed by atoms with E-state index in [1.807, 2.05) is 0 Å². The molecule has 2 aliphatic rings. The summed E-state index contributed by atoms with van der Waals surface area (Å²) in [7, 11) is -3.27. The van der Waals surface area contributed by atoms with Gasteiger partial charge in [0.25, 0.3) is 10.2 Å². The first kappa shape index (κ1) is 14.2. The van der Waals surface area contributed by atoms with Crippen molar-refractivity contribution in [1.29, 1.82) is 0 Å². The predicted octanol–water partition coefficient (Wildman–Crippen LogP) is 0.791. The standard InChI is InChI=1S/C12H25N3O2S/c1-12(2,14-7-3-4-8-14)11-13-18(16,17)15-9-5-6-10-15/h13H,3-11H2,1-2H3. The summed E-state index contributed by atoms with van der Waals surface area (Å²) in [6.45, 7) is 8.22. The van der Waals surface area contributed by atoms with E-state index in [9.17, 15) is 8.42 Å². The molecule has 0 unspecified atom stereocenters. The Morgan fingerprint density at radius 2 is 1.50 bits per heavy atom. The molecule has 2 rings (SSSR count). The number of hydrogen-bond acceptors (Lipinski definition) is 3. The molecule has 0 aliphatic carbocycles. The van der Waals surface area contributed by atoms with Crippen LogP contribution in [0.15, 0.2) is 0 Å². The van der Waals surface area contributed by atoms with E-state index < -0.39 is 10.2 Å². The summed E-state index contributed by atoms with van der Waals surface area (Å²) in [5.41, 5.74) is -0.0940. The number of rotatable bonds is 5. The zero-order chi connectivity index (χ0) is 13.2. The molecule has 0 radical (unpaired) electrons. The summed E-state index contributed by atoms with van der Waals surface area (Å²) in [6, 6.07) is 0. The molecule has 5 nitrogen and oxygen atoms in total. The van der Waals surface area contributed by atoms with Gasteiger partial charge in [-0.1, -0.05) is 0 Å². The van der Waals surface area contributed by atoms with E-state index >= 15 is 0 Å². The Balaban J connectivity index is 1.89. The first-order chi connectivity index (χ1) is 8.42. The van der Waals surface area contributed by atoms with E-state index in [1.165, 1.54) is 12.8 Å². The molecule has 0 amide bonds. The van der Waals surface area contributed by atoms with Crippen LogP contribution in [0.5, 0.6) is 0 Å². The van der Waals surface area contributed by atoms with Gasteiger partial charge in [0.2, 0.25) is 0 Å². The Kier molecular flexibility index (Phi) is 4.31. The first-order valence-corrected chi connectivity index (χ1v) is 8.36. The van der Waals surface area contributed by atoms with E-state index in [1.54, 1.807) is 4.31 Å². The summed E-state index contributed by atoms with van der Waals surface area (Å²) >= 11 is 0. The summed E-state index contributed by atoms with van der Waals surface area (Å²) in [6.07, 6.45) is 4.41. The Morgan fingerprint density at radius 1 is 1.00 bits per heavy atom. The minimum absolute atomic E-state index is 0.0940. The van der Waals surface area contributed by atoms with Gasteiger partial charge in [-0.25, -0.2) is 4.72 Å². The molecule has 2 heterocycles. The summed E-state index contributed by atoms with van der Waals surface area (Å²) in [5.74, 6) is 0. The van der Waals surface area contributed by atoms with Gasteiger partial charge in [-0.3, -0.25) is 4.90 Å². The van der Waals surface area contributed by atoms with Gasteiger partial charge >= 0.3 is 0 Å². The van der Waals surface area contributed by atoms with Crippen molar-refractivity contribution in [1.82, 2.24) is 13.9 Å².